The summed E-state index contributed by atoms with van der Waals surface area (Å²) in [7, 11) is 0. The Balaban J connectivity index is 2.30. The smallest absolute Gasteiger partial charge is 0.328 e. The lowest BCUT2D eigenvalue weighted by molar-refractivity contribution is -0.131. The third-order valence-corrected chi connectivity index (χ3v) is 4.95. The van der Waals surface area contributed by atoms with Crippen LogP contribution in [-0.4, -0.2) is 11.1 Å². The van der Waals surface area contributed by atoms with Crippen LogP contribution in [0.15, 0.2) is 48.5 Å². The Morgan fingerprint density at radius 1 is 1.19 bits per heavy atom. The van der Waals surface area contributed by atoms with Crippen LogP contribution in [0.25, 0.3) is 17.2 Å². The molecule has 2 rings (SSSR count). The van der Waals surface area contributed by atoms with Crippen LogP contribution in [-0.2, 0) is 11.2 Å². The van der Waals surface area contributed by atoms with Crippen molar-refractivity contribution >= 4 is 12.0 Å². The first-order valence-electron chi connectivity index (χ1n) is 9.62. The van der Waals surface area contributed by atoms with Gasteiger partial charge in [-0.3, -0.25) is 0 Å². The molecular formula is C24H27NO2. The number of benzene rings is 2. The summed E-state index contributed by atoms with van der Waals surface area (Å²) in [5, 5.41) is 18.5. The zero-order chi connectivity index (χ0) is 19.6. The summed E-state index contributed by atoms with van der Waals surface area (Å²) in [5.41, 5.74) is 4.60. The molecule has 1 N–H and O–H groups in total. The highest BCUT2D eigenvalue weighted by Gasteiger charge is 2.14. The maximum Gasteiger partial charge on any atom is 0.328 e. The number of unbranched alkanes of at least 4 members (excludes halogenated alkanes) is 1. The van der Waals surface area contributed by atoms with Gasteiger partial charge in [-0.1, -0.05) is 82.0 Å². The molecule has 27 heavy (non-hydrogen) atoms. The Labute approximate surface area is 162 Å². The topological polar surface area (TPSA) is 61.1 Å². The van der Waals surface area contributed by atoms with Crippen molar-refractivity contribution in [2.75, 3.05) is 0 Å². The van der Waals surface area contributed by atoms with Gasteiger partial charge in [0.2, 0.25) is 0 Å². The third kappa shape index (κ3) is 5.82. The molecule has 1 atom stereocenters. The normalized spacial score (nSPS) is 12.0. The van der Waals surface area contributed by atoms with E-state index in [0.717, 1.165) is 46.7 Å². The van der Waals surface area contributed by atoms with Crippen LogP contribution in [0, 0.1) is 17.2 Å². The molecule has 0 saturated heterocycles. The lowest BCUT2D eigenvalue weighted by atomic mass is 9.87. The Morgan fingerprint density at radius 3 is 2.52 bits per heavy atom. The first kappa shape index (κ1) is 20.5. The standard InChI is InChI=1S/C24H27NO2/c1-3-5-7-18(4-2)16-21-8-6-9-22(23(21)17-25)20-13-10-19(11-14-20)12-15-24(26)27/h6,8-15,18H,3-5,7,16H2,1-2H3,(H,26,27). The summed E-state index contributed by atoms with van der Waals surface area (Å²) >= 11 is 0. The van der Waals surface area contributed by atoms with E-state index in [0.29, 0.717) is 5.92 Å². The zero-order valence-electron chi connectivity index (χ0n) is 16.1. The quantitative estimate of drug-likeness (QED) is 0.550. The number of nitrogens with zero attached hydrogens (tertiary/aromatic N) is 1. The van der Waals surface area contributed by atoms with Crippen LogP contribution in [0.3, 0.4) is 0 Å². The largest absolute Gasteiger partial charge is 0.478 e. The number of carboxylic acid groups (broad SMARTS) is 1. The van der Waals surface area contributed by atoms with Crippen LogP contribution < -0.4 is 0 Å². The van der Waals surface area contributed by atoms with Crippen LogP contribution in [0.1, 0.15) is 56.2 Å². The lowest BCUT2D eigenvalue weighted by Gasteiger charge is -2.17. The summed E-state index contributed by atoms with van der Waals surface area (Å²) in [5.74, 6) is -0.358. The lowest BCUT2D eigenvalue weighted by Crippen LogP contribution is -2.05. The summed E-state index contributed by atoms with van der Waals surface area (Å²) in [6, 6.07) is 16.1. The molecule has 3 heteroatoms. The van der Waals surface area contributed by atoms with Crippen molar-refractivity contribution in [3.05, 3.63) is 65.2 Å². The highest BCUT2D eigenvalue weighted by Crippen LogP contribution is 2.29. The van der Waals surface area contributed by atoms with Gasteiger partial charge in [-0.2, -0.15) is 5.26 Å². The van der Waals surface area contributed by atoms with Crippen molar-refractivity contribution in [1.29, 1.82) is 5.26 Å². The summed E-state index contributed by atoms with van der Waals surface area (Å²) < 4.78 is 0. The van der Waals surface area contributed by atoms with Crippen LogP contribution >= 0.6 is 0 Å². The van der Waals surface area contributed by atoms with Gasteiger partial charge in [0.1, 0.15) is 6.07 Å². The second kappa shape index (κ2) is 10.3. The number of rotatable bonds is 9. The summed E-state index contributed by atoms with van der Waals surface area (Å²) in [6.07, 6.45) is 8.37. The molecule has 0 aliphatic heterocycles. The van der Waals surface area contributed by atoms with Crippen molar-refractivity contribution in [3.8, 4) is 17.2 Å². The third-order valence-electron chi connectivity index (χ3n) is 4.95. The van der Waals surface area contributed by atoms with Gasteiger partial charge in [0.15, 0.2) is 0 Å². The van der Waals surface area contributed by atoms with Gasteiger partial charge < -0.3 is 5.11 Å². The predicted molar refractivity (Wildman–Crippen MR) is 110 cm³/mol. The van der Waals surface area contributed by atoms with Crippen molar-refractivity contribution in [1.82, 2.24) is 0 Å². The molecule has 0 amide bonds. The van der Waals surface area contributed by atoms with E-state index >= 15 is 0 Å². The Bertz CT molecular complexity index is 828. The highest BCUT2D eigenvalue weighted by atomic mass is 16.4. The maximum atomic E-state index is 10.6. The van der Waals surface area contributed by atoms with Gasteiger partial charge in [-0.05, 0) is 40.7 Å². The monoisotopic (exact) mass is 361 g/mol. The highest BCUT2D eigenvalue weighted by molar-refractivity contribution is 5.85. The molecule has 0 aliphatic rings. The molecule has 2 aromatic rings. The minimum Gasteiger partial charge on any atom is -0.478 e. The second-order valence-corrected chi connectivity index (χ2v) is 6.87. The van der Waals surface area contributed by atoms with E-state index in [2.05, 4.69) is 26.0 Å². The van der Waals surface area contributed by atoms with Crippen molar-refractivity contribution in [2.24, 2.45) is 5.92 Å². The van der Waals surface area contributed by atoms with Gasteiger partial charge in [-0.25, -0.2) is 4.79 Å². The molecule has 0 aliphatic carbocycles. The molecule has 0 bridgehead atoms. The van der Waals surface area contributed by atoms with E-state index < -0.39 is 5.97 Å². The molecule has 0 heterocycles. The van der Waals surface area contributed by atoms with Gasteiger partial charge in [0, 0.05) is 6.08 Å². The molecule has 0 aromatic heterocycles. The molecule has 0 spiro atoms. The van der Waals surface area contributed by atoms with E-state index in [4.69, 9.17) is 5.11 Å². The first-order valence-corrected chi connectivity index (χ1v) is 9.62. The van der Waals surface area contributed by atoms with Gasteiger partial charge >= 0.3 is 5.97 Å². The summed E-state index contributed by atoms with van der Waals surface area (Å²) in [4.78, 5) is 10.6. The fourth-order valence-electron chi connectivity index (χ4n) is 3.34. The predicted octanol–water partition coefficient (Wildman–Crippen LogP) is 6.08. The first-order chi connectivity index (χ1) is 13.1. The van der Waals surface area contributed by atoms with Gasteiger partial charge in [0.05, 0.1) is 5.56 Å². The number of hydrogen-bond donors (Lipinski definition) is 1. The molecule has 0 saturated carbocycles. The maximum absolute atomic E-state index is 10.6. The molecule has 0 fully saturated rings. The van der Waals surface area contributed by atoms with E-state index in [1.54, 1.807) is 6.08 Å². The molecule has 3 nitrogen and oxygen atoms in total. The van der Waals surface area contributed by atoms with E-state index in [9.17, 15) is 10.1 Å². The van der Waals surface area contributed by atoms with Crippen molar-refractivity contribution in [2.45, 2.75) is 46.0 Å². The Hall–Kier alpha value is -2.86. The molecule has 140 valence electrons. The molecule has 0 radical (unpaired) electrons. The minimum atomic E-state index is -0.966. The van der Waals surface area contributed by atoms with Crippen LogP contribution in [0.4, 0.5) is 0 Å². The van der Waals surface area contributed by atoms with Gasteiger partial charge in [-0.15, -0.1) is 0 Å². The fraction of sp³-hybridized carbons (Fsp3) is 0.333. The number of nitriles is 1. The van der Waals surface area contributed by atoms with Gasteiger partial charge in [0.25, 0.3) is 0 Å². The molecule has 1 unspecified atom stereocenters. The number of aliphatic carboxylic acids is 1. The summed E-state index contributed by atoms with van der Waals surface area (Å²) in [6.45, 7) is 4.43. The van der Waals surface area contributed by atoms with Crippen LogP contribution in [0.2, 0.25) is 0 Å². The van der Waals surface area contributed by atoms with Crippen LogP contribution in [0.5, 0.6) is 0 Å². The Morgan fingerprint density at radius 2 is 1.93 bits per heavy atom. The SMILES string of the molecule is CCCCC(CC)Cc1cccc(-c2ccc(C=CC(=O)O)cc2)c1C#N. The van der Waals surface area contributed by atoms with E-state index in [-0.39, 0.29) is 0 Å². The number of carboxylic acids is 1. The zero-order valence-corrected chi connectivity index (χ0v) is 16.1. The van der Waals surface area contributed by atoms with E-state index in [1.807, 2.05) is 36.4 Å². The number of hydrogen-bond acceptors (Lipinski definition) is 2. The fourth-order valence-corrected chi connectivity index (χ4v) is 3.34. The Kier molecular flexibility index (Phi) is 7.82. The van der Waals surface area contributed by atoms with E-state index in [1.165, 1.54) is 19.3 Å². The number of carbonyl (C=O) groups is 1. The average molecular weight is 361 g/mol. The van der Waals surface area contributed by atoms with Crippen molar-refractivity contribution in [3.63, 3.8) is 0 Å². The second-order valence-electron chi connectivity index (χ2n) is 6.87. The minimum absolute atomic E-state index is 0.607. The molecular weight excluding hydrogens is 334 g/mol. The molecule has 2 aromatic carbocycles. The van der Waals surface area contributed by atoms with Crippen molar-refractivity contribution < 1.29 is 9.90 Å². The average Bonchev–Trinajstić information content (AvgIpc) is 2.69.